The van der Waals surface area contributed by atoms with Crippen molar-refractivity contribution in [3.63, 3.8) is 0 Å². The Morgan fingerprint density at radius 1 is 0.789 bits per heavy atom. The zero-order valence-electron chi connectivity index (χ0n) is 10.2. The Balaban J connectivity index is 0.000000163. The van der Waals surface area contributed by atoms with Crippen molar-refractivity contribution in [3.8, 4) is 0 Å². The van der Waals surface area contributed by atoms with Crippen molar-refractivity contribution in [1.82, 2.24) is 0 Å². The van der Waals surface area contributed by atoms with Gasteiger partial charge in [0.15, 0.2) is 11.6 Å². The molecule has 0 fully saturated rings. The minimum atomic E-state index is -0.322. The van der Waals surface area contributed by atoms with Gasteiger partial charge in [-0.15, -0.1) is 0 Å². The summed E-state index contributed by atoms with van der Waals surface area (Å²) in [4.78, 5) is 42.6. The van der Waals surface area contributed by atoms with Crippen molar-refractivity contribution in [2.45, 2.75) is 19.3 Å². The number of hydrogen-bond acceptors (Lipinski definition) is 4. The van der Waals surface area contributed by atoms with Gasteiger partial charge in [-0.3, -0.25) is 19.2 Å². The summed E-state index contributed by atoms with van der Waals surface area (Å²) in [7, 11) is 0. The van der Waals surface area contributed by atoms with Crippen LogP contribution in [0.25, 0.3) is 0 Å². The van der Waals surface area contributed by atoms with E-state index in [0.29, 0.717) is 18.4 Å². The maximum absolute atomic E-state index is 11.3. The minimum absolute atomic E-state index is 0.0787. The highest BCUT2D eigenvalue weighted by molar-refractivity contribution is 6.44. The van der Waals surface area contributed by atoms with Crippen LogP contribution in [-0.2, 0) is 20.8 Å². The molecule has 0 N–H and O–H groups in total. The summed E-state index contributed by atoms with van der Waals surface area (Å²) in [5.41, 5.74) is 1.59. The van der Waals surface area contributed by atoms with Crippen LogP contribution in [0.3, 0.4) is 0 Å². The molecule has 96 valence electrons. The summed E-state index contributed by atoms with van der Waals surface area (Å²) in [6.07, 6.45) is 3.78. The fourth-order valence-electron chi connectivity index (χ4n) is 1.95. The molecule has 0 saturated carbocycles. The van der Waals surface area contributed by atoms with Gasteiger partial charge in [0.1, 0.15) is 0 Å². The second-order valence-corrected chi connectivity index (χ2v) is 4.35. The number of hydrogen-bond donors (Lipinski definition) is 0. The summed E-state index contributed by atoms with van der Waals surface area (Å²) < 4.78 is 0. The molecule has 0 aromatic heterocycles. The van der Waals surface area contributed by atoms with Gasteiger partial charge in [-0.05, 0) is 24.1 Å². The van der Waals surface area contributed by atoms with Crippen molar-refractivity contribution in [1.29, 1.82) is 0 Å². The fraction of sp³-hybridized carbons (Fsp3) is 0.200. The van der Waals surface area contributed by atoms with Gasteiger partial charge in [0.05, 0.1) is 6.42 Å². The molecule has 19 heavy (non-hydrogen) atoms. The number of benzene rings is 1. The Morgan fingerprint density at radius 3 is 2.00 bits per heavy atom. The molecular formula is C15H12O4. The lowest BCUT2D eigenvalue weighted by molar-refractivity contribution is -0.120. The van der Waals surface area contributed by atoms with Crippen LogP contribution < -0.4 is 0 Å². The van der Waals surface area contributed by atoms with Crippen molar-refractivity contribution in [3.05, 3.63) is 47.5 Å². The zero-order valence-corrected chi connectivity index (χ0v) is 10.2. The third-order valence-corrected chi connectivity index (χ3v) is 2.94. The smallest absolute Gasteiger partial charge is 0.228 e. The molecule has 0 saturated heterocycles. The van der Waals surface area contributed by atoms with E-state index in [1.165, 1.54) is 12.2 Å². The van der Waals surface area contributed by atoms with E-state index in [1.807, 2.05) is 12.1 Å². The first kappa shape index (κ1) is 13.1. The van der Waals surface area contributed by atoms with E-state index in [2.05, 4.69) is 0 Å². The van der Waals surface area contributed by atoms with Crippen molar-refractivity contribution < 1.29 is 19.2 Å². The molecule has 3 rings (SSSR count). The highest BCUT2D eigenvalue weighted by Crippen LogP contribution is 2.18. The maximum Gasteiger partial charge on any atom is 0.228 e. The molecule has 0 bridgehead atoms. The number of carbonyl (C=O) groups is 4. The van der Waals surface area contributed by atoms with E-state index in [0.717, 1.165) is 5.56 Å². The lowest BCUT2D eigenvalue weighted by Gasteiger charge is -2.11. The third-order valence-electron chi connectivity index (χ3n) is 2.94. The largest absolute Gasteiger partial charge is 0.294 e. The molecule has 1 aromatic rings. The quantitative estimate of drug-likeness (QED) is 0.520. The van der Waals surface area contributed by atoms with Gasteiger partial charge in [-0.2, -0.15) is 0 Å². The predicted octanol–water partition coefficient (Wildman–Crippen LogP) is 1.47. The Bertz CT molecular complexity index is 580. The number of allylic oxidation sites excluding steroid dienone is 2. The highest BCUT2D eigenvalue weighted by Gasteiger charge is 2.23. The van der Waals surface area contributed by atoms with E-state index in [-0.39, 0.29) is 29.6 Å². The normalized spacial score (nSPS) is 17.1. The van der Waals surface area contributed by atoms with Crippen molar-refractivity contribution >= 4 is 23.1 Å². The van der Waals surface area contributed by atoms with Crippen molar-refractivity contribution in [2.75, 3.05) is 0 Å². The van der Waals surface area contributed by atoms with Crippen LogP contribution >= 0.6 is 0 Å². The topological polar surface area (TPSA) is 68.3 Å². The first-order valence-electron chi connectivity index (χ1n) is 5.97. The predicted molar refractivity (Wildman–Crippen MR) is 67.9 cm³/mol. The van der Waals surface area contributed by atoms with Crippen LogP contribution in [0.15, 0.2) is 36.4 Å². The molecule has 0 atom stereocenters. The molecule has 4 nitrogen and oxygen atoms in total. The number of Topliss-reactive ketones (excluding diaryl/α,β-unsaturated/α-hetero) is 2. The lowest BCUT2D eigenvalue weighted by Crippen LogP contribution is -2.21. The first-order valence-corrected chi connectivity index (χ1v) is 5.97. The van der Waals surface area contributed by atoms with E-state index in [4.69, 9.17) is 0 Å². The van der Waals surface area contributed by atoms with Crippen LogP contribution in [0.4, 0.5) is 0 Å². The molecular weight excluding hydrogens is 244 g/mol. The lowest BCUT2D eigenvalue weighted by atomic mass is 9.90. The van der Waals surface area contributed by atoms with Crippen LogP contribution in [0.5, 0.6) is 0 Å². The molecule has 0 unspecified atom stereocenters. The number of carbonyl (C=O) groups excluding carboxylic acids is 4. The SMILES string of the molecule is O=C1C=CC(=O)C1.O=C1CCc2ccccc2C1=O. The van der Waals surface area contributed by atoms with Crippen LogP contribution in [-0.4, -0.2) is 23.1 Å². The van der Waals surface area contributed by atoms with E-state index >= 15 is 0 Å². The van der Waals surface area contributed by atoms with Gasteiger partial charge in [-0.1, -0.05) is 24.3 Å². The number of ketones is 4. The average molecular weight is 256 g/mol. The standard InChI is InChI=1S/C10H8O2.C5H4O2/c11-9-6-5-7-3-1-2-4-8(7)10(9)12;6-4-1-2-5(7)3-4/h1-4H,5-6H2;1-2H,3H2. The molecule has 2 aliphatic carbocycles. The van der Waals surface area contributed by atoms with Gasteiger partial charge in [-0.25, -0.2) is 0 Å². The average Bonchev–Trinajstić information content (AvgIpc) is 2.79. The Hall–Kier alpha value is -2.36. The molecule has 4 heteroatoms. The Morgan fingerprint density at radius 2 is 1.42 bits per heavy atom. The van der Waals surface area contributed by atoms with Crippen LogP contribution in [0.2, 0.25) is 0 Å². The fourth-order valence-corrected chi connectivity index (χ4v) is 1.95. The summed E-state index contributed by atoms with van der Waals surface area (Å²) in [6.45, 7) is 0. The third kappa shape index (κ3) is 3.10. The van der Waals surface area contributed by atoms with Crippen LogP contribution in [0.1, 0.15) is 28.8 Å². The Labute approximate surface area is 110 Å². The summed E-state index contributed by atoms with van der Waals surface area (Å²) >= 11 is 0. The highest BCUT2D eigenvalue weighted by atomic mass is 16.2. The summed E-state index contributed by atoms with van der Waals surface area (Å²) in [5.74, 6) is -0.736. The molecule has 0 heterocycles. The van der Waals surface area contributed by atoms with Gasteiger partial charge in [0, 0.05) is 12.0 Å². The van der Waals surface area contributed by atoms with Gasteiger partial charge >= 0.3 is 0 Å². The summed E-state index contributed by atoms with van der Waals surface area (Å²) in [5, 5.41) is 0. The number of rotatable bonds is 0. The Kier molecular flexibility index (Phi) is 3.80. The number of aryl methyl sites for hydroxylation is 1. The minimum Gasteiger partial charge on any atom is -0.294 e. The molecule has 0 spiro atoms. The second kappa shape index (κ2) is 5.52. The van der Waals surface area contributed by atoms with E-state index in [1.54, 1.807) is 12.1 Å². The summed E-state index contributed by atoms with van der Waals surface area (Å²) in [6, 6.07) is 7.30. The monoisotopic (exact) mass is 256 g/mol. The van der Waals surface area contributed by atoms with E-state index in [9.17, 15) is 19.2 Å². The molecule has 2 aliphatic rings. The zero-order chi connectivity index (χ0) is 13.8. The van der Waals surface area contributed by atoms with Gasteiger partial charge < -0.3 is 0 Å². The molecule has 0 amide bonds. The molecule has 0 aliphatic heterocycles. The first-order chi connectivity index (χ1) is 9.08. The molecule has 0 radical (unpaired) electrons. The number of fused-ring (bicyclic) bond motifs is 1. The van der Waals surface area contributed by atoms with Gasteiger partial charge in [0.2, 0.25) is 11.6 Å². The second-order valence-electron chi connectivity index (χ2n) is 4.35. The van der Waals surface area contributed by atoms with Crippen molar-refractivity contribution in [2.24, 2.45) is 0 Å². The molecule has 1 aromatic carbocycles. The van der Waals surface area contributed by atoms with Crippen LogP contribution in [0, 0.1) is 0 Å². The maximum atomic E-state index is 11.3. The van der Waals surface area contributed by atoms with E-state index < -0.39 is 0 Å². The van der Waals surface area contributed by atoms with Gasteiger partial charge in [0.25, 0.3) is 0 Å².